The van der Waals surface area contributed by atoms with Gasteiger partial charge in [-0.15, -0.1) is 0 Å². The number of nitrogens with zero attached hydrogens (tertiary/aromatic N) is 4. The molecule has 2 heterocycles. The molecule has 0 saturated carbocycles. The van der Waals surface area contributed by atoms with Gasteiger partial charge in [0.25, 0.3) is 0 Å². The molecule has 1 atom stereocenters. The van der Waals surface area contributed by atoms with Gasteiger partial charge in [0.2, 0.25) is 5.88 Å². The van der Waals surface area contributed by atoms with Crippen molar-refractivity contribution in [3.05, 3.63) is 65.1 Å². The monoisotopic (exact) mass is 343 g/mol. The molecule has 25 heavy (non-hydrogen) atoms. The summed E-state index contributed by atoms with van der Waals surface area (Å²) < 4.78 is 23.4. The highest BCUT2D eigenvalue weighted by molar-refractivity contribution is 5.32. The molecule has 0 aliphatic heterocycles. The van der Waals surface area contributed by atoms with Crippen LogP contribution in [0.3, 0.4) is 0 Å². The Morgan fingerprint density at radius 1 is 1.28 bits per heavy atom. The molecular weight excluding hydrogens is 321 g/mol. The normalized spacial score (nSPS) is 12.4. The molecule has 0 fully saturated rings. The molecule has 0 amide bonds. The summed E-state index contributed by atoms with van der Waals surface area (Å²) in [6.07, 6.45) is 3.56. The Hall–Kier alpha value is -2.67. The van der Waals surface area contributed by atoms with Crippen molar-refractivity contribution in [3.63, 3.8) is 0 Å². The zero-order chi connectivity index (χ0) is 18.0. The number of imidazole rings is 1. The Morgan fingerprint density at radius 3 is 2.68 bits per heavy atom. The molecule has 1 N–H and O–H groups in total. The van der Waals surface area contributed by atoms with E-state index in [0.717, 1.165) is 17.1 Å². The van der Waals surface area contributed by atoms with Crippen LogP contribution in [0.15, 0.2) is 36.7 Å². The Kier molecular flexibility index (Phi) is 4.85. The lowest BCUT2D eigenvalue weighted by Gasteiger charge is -2.20. The van der Waals surface area contributed by atoms with Gasteiger partial charge in [0.1, 0.15) is 11.6 Å². The van der Waals surface area contributed by atoms with Crippen LogP contribution in [0.2, 0.25) is 0 Å². The highest BCUT2D eigenvalue weighted by atomic mass is 19.1. The molecule has 3 aromatic rings. The fourth-order valence-corrected chi connectivity index (χ4v) is 3.05. The molecule has 0 saturated heterocycles. The van der Waals surface area contributed by atoms with Crippen LogP contribution in [0, 0.1) is 12.7 Å². The fraction of sp³-hybridized carbons (Fsp3) is 0.333. The summed E-state index contributed by atoms with van der Waals surface area (Å²) in [5.74, 6) is 1.17. The van der Waals surface area contributed by atoms with Crippen LogP contribution in [-0.2, 0) is 20.6 Å². The summed E-state index contributed by atoms with van der Waals surface area (Å²) in [7, 11) is 5.35. The molecule has 1 aromatic carbocycles. The summed E-state index contributed by atoms with van der Waals surface area (Å²) in [5, 5.41) is 7.80. The number of halogens is 1. The van der Waals surface area contributed by atoms with E-state index in [4.69, 9.17) is 4.74 Å². The SMILES string of the molecule is COc1c(CN[C@@H](c2ccccc2F)c2nccn2C)c(C)nn1C. The predicted octanol–water partition coefficient (Wildman–Crippen LogP) is 2.49. The third-order valence-electron chi connectivity index (χ3n) is 4.30. The summed E-state index contributed by atoms with van der Waals surface area (Å²) in [4.78, 5) is 4.40. The fourth-order valence-electron chi connectivity index (χ4n) is 3.05. The minimum absolute atomic E-state index is 0.266. The van der Waals surface area contributed by atoms with Crippen molar-refractivity contribution >= 4 is 0 Å². The van der Waals surface area contributed by atoms with Crippen LogP contribution >= 0.6 is 0 Å². The van der Waals surface area contributed by atoms with E-state index < -0.39 is 0 Å². The van der Waals surface area contributed by atoms with Gasteiger partial charge < -0.3 is 9.30 Å². The highest BCUT2D eigenvalue weighted by Gasteiger charge is 2.23. The minimum atomic E-state index is -0.384. The number of hydrogen-bond acceptors (Lipinski definition) is 4. The molecule has 0 unspecified atom stereocenters. The maximum atomic E-state index is 14.4. The molecule has 0 aliphatic carbocycles. The standard InChI is InChI=1S/C18H22FN5O/c1-12-14(18(25-4)24(3)22-12)11-21-16(17-20-9-10-23(17)2)13-7-5-6-8-15(13)19/h5-10,16,21H,11H2,1-4H3/t16-/m0/s1. The van der Waals surface area contributed by atoms with Gasteiger partial charge in [-0.3, -0.25) is 5.32 Å². The molecule has 6 nitrogen and oxygen atoms in total. The van der Waals surface area contributed by atoms with Gasteiger partial charge in [-0.1, -0.05) is 18.2 Å². The van der Waals surface area contributed by atoms with Crippen LogP contribution in [0.5, 0.6) is 5.88 Å². The maximum absolute atomic E-state index is 14.4. The average molecular weight is 343 g/mol. The van der Waals surface area contributed by atoms with E-state index in [2.05, 4.69) is 15.4 Å². The van der Waals surface area contributed by atoms with Gasteiger partial charge in [0, 0.05) is 38.6 Å². The van der Waals surface area contributed by atoms with E-state index in [0.29, 0.717) is 18.0 Å². The Morgan fingerprint density at radius 2 is 2.04 bits per heavy atom. The quantitative estimate of drug-likeness (QED) is 0.747. The van der Waals surface area contributed by atoms with E-state index in [9.17, 15) is 4.39 Å². The highest BCUT2D eigenvalue weighted by Crippen LogP contribution is 2.26. The van der Waals surface area contributed by atoms with E-state index in [1.165, 1.54) is 6.07 Å². The first-order valence-corrected chi connectivity index (χ1v) is 8.04. The van der Waals surface area contributed by atoms with Crippen LogP contribution in [0.25, 0.3) is 0 Å². The average Bonchev–Trinajstić information content (AvgIpc) is 3.12. The molecule has 0 radical (unpaired) electrons. The largest absolute Gasteiger partial charge is 0.481 e. The molecule has 3 rings (SSSR count). The number of benzene rings is 1. The summed E-state index contributed by atoms with van der Waals surface area (Å²) in [5.41, 5.74) is 2.37. The molecule has 0 spiro atoms. The number of aromatic nitrogens is 4. The molecule has 7 heteroatoms. The van der Waals surface area contributed by atoms with Crippen LogP contribution in [0.4, 0.5) is 4.39 Å². The van der Waals surface area contributed by atoms with E-state index in [1.54, 1.807) is 30.1 Å². The number of ether oxygens (including phenoxy) is 1. The lowest BCUT2D eigenvalue weighted by Crippen LogP contribution is -2.26. The number of methoxy groups -OCH3 is 1. The van der Waals surface area contributed by atoms with Crippen molar-refractivity contribution in [2.45, 2.75) is 19.5 Å². The smallest absolute Gasteiger partial charge is 0.216 e. The second kappa shape index (κ2) is 7.06. The van der Waals surface area contributed by atoms with Crippen LogP contribution in [0.1, 0.15) is 28.7 Å². The van der Waals surface area contributed by atoms with Crippen molar-refractivity contribution in [2.24, 2.45) is 14.1 Å². The van der Waals surface area contributed by atoms with Crippen molar-refractivity contribution in [1.29, 1.82) is 0 Å². The molecule has 132 valence electrons. The Balaban J connectivity index is 1.95. The topological polar surface area (TPSA) is 56.9 Å². The second-order valence-electron chi connectivity index (χ2n) is 5.93. The van der Waals surface area contributed by atoms with Gasteiger partial charge in [-0.05, 0) is 13.0 Å². The van der Waals surface area contributed by atoms with Gasteiger partial charge in [0.05, 0.1) is 24.4 Å². The summed E-state index contributed by atoms with van der Waals surface area (Å²) in [6, 6.07) is 6.36. The van der Waals surface area contributed by atoms with Crippen molar-refractivity contribution in [2.75, 3.05) is 7.11 Å². The third kappa shape index (κ3) is 3.28. The first-order valence-electron chi connectivity index (χ1n) is 8.04. The Bertz CT molecular complexity index is 870. The molecule has 0 aliphatic rings. The van der Waals surface area contributed by atoms with Gasteiger partial charge in [0.15, 0.2) is 0 Å². The van der Waals surface area contributed by atoms with Crippen molar-refractivity contribution in [3.8, 4) is 5.88 Å². The molecular formula is C18H22FN5O. The predicted molar refractivity (Wildman–Crippen MR) is 92.8 cm³/mol. The van der Waals surface area contributed by atoms with Gasteiger partial charge in [-0.25, -0.2) is 14.1 Å². The number of nitrogens with one attached hydrogen (secondary N) is 1. The van der Waals surface area contributed by atoms with E-state index in [1.807, 2.05) is 37.8 Å². The first-order chi connectivity index (χ1) is 12.0. The van der Waals surface area contributed by atoms with E-state index >= 15 is 0 Å². The number of hydrogen-bond donors (Lipinski definition) is 1. The lowest BCUT2D eigenvalue weighted by atomic mass is 10.0. The number of rotatable bonds is 6. The maximum Gasteiger partial charge on any atom is 0.216 e. The third-order valence-corrected chi connectivity index (χ3v) is 4.30. The number of aryl methyl sites for hydroxylation is 3. The van der Waals surface area contributed by atoms with Crippen molar-refractivity contribution in [1.82, 2.24) is 24.6 Å². The molecule has 2 aromatic heterocycles. The summed E-state index contributed by atoms with van der Waals surface area (Å²) in [6.45, 7) is 2.41. The summed E-state index contributed by atoms with van der Waals surface area (Å²) >= 11 is 0. The van der Waals surface area contributed by atoms with E-state index in [-0.39, 0.29) is 11.9 Å². The van der Waals surface area contributed by atoms with Gasteiger partial charge in [-0.2, -0.15) is 5.10 Å². The molecule has 0 bridgehead atoms. The van der Waals surface area contributed by atoms with Crippen molar-refractivity contribution < 1.29 is 9.13 Å². The zero-order valence-electron chi connectivity index (χ0n) is 14.8. The van der Waals surface area contributed by atoms with Gasteiger partial charge >= 0.3 is 0 Å². The lowest BCUT2D eigenvalue weighted by molar-refractivity contribution is 0.367. The first kappa shape index (κ1) is 17.2. The van der Waals surface area contributed by atoms with Crippen LogP contribution in [-0.4, -0.2) is 26.4 Å². The second-order valence-corrected chi connectivity index (χ2v) is 5.93. The van der Waals surface area contributed by atoms with Crippen LogP contribution < -0.4 is 10.1 Å². The Labute approximate surface area is 146 Å². The minimum Gasteiger partial charge on any atom is -0.481 e. The zero-order valence-corrected chi connectivity index (χ0v) is 14.8.